The zero-order valence-corrected chi connectivity index (χ0v) is 7.25. The van der Waals surface area contributed by atoms with Crippen LogP contribution in [0.2, 0.25) is 0 Å². The lowest BCUT2D eigenvalue weighted by molar-refractivity contribution is 0.689. The molecule has 1 aliphatic heterocycles. The van der Waals surface area contributed by atoms with Crippen molar-refractivity contribution < 1.29 is 0 Å². The van der Waals surface area contributed by atoms with Crippen molar-refractivity contribution in [3.05, 3.63) is 28.9 Å². The maximum atomic E-state index is 4.34. The van der Waals surface area contributed by atoms with Gasteiger partial charge in [-0.15, -0.1) is 0 Å². The van der Waals surface area contributed by atoms with Crippen molar-refractivity contribution in [2.24, 2.45) is 0 Å². The molecule has 2 aliphatic rings. The minimum Gasteiger partial charge on any atom is -0.374 e. The molecular formula is C10H11N3. The van der Waals surface area contributed by atoms with Gasteiger partial charge in [-0.05, 0) is 18.6 Å². The molecule has 3 rings (SSSR count). The summed E-state index contributed by atoms with van der Waals surface area (Å²) in [5, 5.41) is 9.12. The van der Waals surface area contributed by atoms with Crippen molar-refractivity contribution in [2.45, 2.75) is 12.5 Å². The Kier molecular flexibility index (Phi) is 1.40. The zero-order chi connectivity index (χ0) is 8.67. The first-order valence-corrected chi connectivity index (χ1v) is 4.58. The molecule has 1 unspecified atom stereocenters. The van der Waals surface area contributed by atoms with Crippen LogP contribution in [0.5, 0.6) is 0 Å². The van der Waals surface area contributed by atoms with Crippen molar-refractivity contribution in [1.29, 1.82) is 0 Å². The van der Waals surface area contributed by atoms with E-state index < -0.39 is 0 Å². The van der Waals surface area contributed by atoms with Gasteiger partial charge in [0.25, 0.3) is 0 Å². The Morgan fingerprint density at radius 1 is 1.46 bits per heavy atom. The van der Waals surface area contributed by atoms with E-state index in [1.54, 1.807) is 0 Å². The highest BCUT2D eigenvalue weighted by Gasteiger charge is 2.21. The topological polar surface area (TPSA) is 37.0 Å². The number of aromatic nitrogens is 1. The van der Waals surface area contributed by atoms with Gasteiger partial charge in [-0.25, -0.2) is 0 Å². The van der Waals surface area contributed by atoms with Gasteiger partial charge in [0, 0.05) is 17.1 Å². The molecular weight excluding hydrogens is 162 g/mol. The van der Waals surface area contributed by atoms with Crippen LogP contribution < -0.4 is 21.2 Å². The summed E-state index contributed by atoms with van der Waals surface area (Å²) in [6, 6.07) is 4.60. The number of pyridine rings is 1. The number of nitrogens with one attached hydrogen (secondary N) is 2. The summed E-state index contributed by atoms with van der Waals surface area (Å²) >= 11 is 0. The highest BCUT2D eigenvalue weighted by atomic mass is 15.2. The van der Waals surface area contributed by atoms with Crippen LogP contribution in [0, 0.1) is 0 Å². The van der Waals surface area contributed by atoms with Crippen molar-refractivity contribution in [2.75, 3.05) is 6.67 Å². The Labute approximate surface area is 76.2 Å². The molecule has 0 bridgehead atoms. The molecule has 0 radical (unpaired) electrons. The van der Waals surface area contributed by atoms with E-state index in [1.165, 1.54) is 10.9 Å². The summed E-state index contributed by atoms with van der Waals surface area (Å²) in [5.41, 5.74) is 1.31. The van der Waals surface area contributed by atoms with Crippen LogP contribution in [-0.2, 0) is 0 Å². The molecule has 1 atom stereocenters. The van der Waals surface area contributed by atoms with Gasteiger partial charge in [0.2, 0.25) is 0 Å². The summed E-state index contributed by atoms with van der Waals surface area (Å²) in [6.07, 6.45) is 5.09. The lowest BCUT2D eigenvalue weighted by Gasteiger charge is -2.12. The molecule has 0 spiro atoms. The Morgan fingerprint density at radius 3 is 3.46 bits per heavy atom. The van der Waals surface area contributed by atoms with Gasteiger partial charge < -0.3 is 5.32 Å². The van der Waals surface area contributed by atoms with Crippen LogP contribution in [0.3, 0.4) is 0 Å². The molecule has 1 aromatic heterocycles. The summed E-state index contributed by atoms with van der Waals surface area (Å²) in [4.78, 5) is 4.34. The molecule has 0 amide bonds. The Morgan fingerprint density at radius 2 is 2.46 bits per heavy atom. The van der Waals surface area contributed by atoms with Crippen LogP contribution in [0.1, 0.15) is 6.42 Å². The summed E-state index contributed by atoms with van der Waals surface area (Å²) in [7, 11) is 0. The minimum absolute atomic E-state index is 0.483. The van der Waals surface area contributed by atoms with E-state index in [9.17, 15) is 0 Å². The predicted octanol–water partition coefficient (Wildman–Crippen LogP) is -1.11. The van der Waals surface area contributed by atoms with Gasteiger partial charge in [-0.2, -0.15) is 0 Å². The third-order valence-corrected chi connectivity index (χ3v) is 2.65. The molecule has 1 saturated heterocycles. The standard InChI is InChI=1S/C10H11N3/c1-2-7-8(11-5-1)3-4-9-10(7)13-6-12-9/h1-3,5,9,12-13H,4,6H2. The second kappa shape index (κ2) is 2.57. The van der Waals surface area contributed by atoms with Gasteiger partial charge in [-0.1, -0.05) is 6.08 Å². The van der Waals surface area contributed by atoms with Gasteiger partial charge >= 0.3 is 0 Å². The molecule has 1 fully saturated rings. The SMILES string of the molecule is C1=c2ncccc2=C2NCNC2C1. The monoisotopic (exact) mass is 173 g/mol. The van der Waals surface area contributed by atoms with Crippen molar-refractivity contribution >= 4 is 11.8 Å². The van der Waals surface area contributed by atoms with E-state index in [-0.39, 0.29) is 0 Å². The van der Waals surface area contributed by atoms with Crippen LogP contribution in [0.25, 0.3) is 11.8 Å². The zero-order valence-electron chi connectivity index (χ0n) is 7.25. The summed E-state index contributed by atoms with van der Waals surface area (Å²) < 4.78 is 0. The lowest BCUT2D eigenvalue weighted by atomic mass is 10.0. The molecule has 3 nitrogen and oxygen atoms in total. The molecule has 2 heterocycles. The Bertz CT molecular complexity index is 449. The van der Waals surface area contributed by atoms with Gasteiger partial charge in [0.05, 0.1) is 18.1 Å². The normalized spacial score (nSPS) is 24.3. The number of fused-ring (bicyclic) bond motifs is 2. The van der Waals surface area contributed by atoms with E-state index in [0.29, 0.717) is 6.04 Å². The molecule has 3 heteroatoms. The number of rotatable bonds is 0. The highest BCUT2D eigenvalue weighted by molar-refractivity contribution is 5.56. The fourth-order valence-electron chi connectivity index (χ4n) is 2.02. The van der Waals surface area contributed by atoms with Crippen LogP contribution in [-0.4, -0.2) is 17.7 Å². The fraction of sp³-hybridized carbons (Fsp3) is 0.300. The van der Waals surface area contributed by atoms with Crippen molar-refractivity contribution in [3.8, 4) is 0 Å². The largest absolute Gasteiger partial charge is 0.374 e. The molecule has 0 saturated carbocycles. The number of hydrogen-bond donors (Lipinski definition) is 2. The average molecular weight is 173 g/mol. The van der Waals surface area contributed by atoms with Crippen LogP contribution in [0.15, 0.2) is 18.3 Å². The predicted molar refractivity (Wildman–Crippen MR) is 50.9 cm³/mol. The van der Waals surface area contributed by atoms with Gasteiger partial charge in [0.1, 0.15) is 0 Å². The van der Waals surface area contributed by atoms with Crippen molar-refractivity contribution in [3.63, 3.8) is 0 Å². The fourth-order valence-corrected chi connectivity index (χ4v) is 2.02. The Hall–Kier alpha value is -1.35. The van der Waals surface area contributed by atoms with Gasteiger partial charge in [-0.3, -0.25) is 10.3 Å². The van der Waals surface area contributed by atoms with Crippen LogP contribution >= 0.6 is 0 Å². The van der Waals surface area contributed by atoms with Crippen molar-refractivity contribution in [1.82, 2.24) is 15.6 Å². The number of nitrogens with zero attached hydrogens (tertiary/aromatic N) is 1. The second-order valence-corrected chi connectivity index (χ2v) is 3.40. The minimum atomic E-state index is 0.483. The third-order valence-electron chi connectivity index (χ3n) is 2.65. The first-order chi connectivity index (χ1) is 6.45. The van der Waals surface area contributed by atoms with E-state index >= 15 is 0 Å². The number of hydrogen-bond acceptors (Lipinski definition) is 3. The summed E-state index contributed by atoms with van der Waals surface area (Å²) in [6.45, 7) is 0.877. The molecule has 13 heavy (non-hydrogen) atoms. The molecule has 0 aromatic carbocycles. The van der Waals surface area contributed by atoms with E-state index in [0.717, 1.165) is 18.4 Å². The van der Waals surface area contributed by atoms with Gasteiger partial charge in [0.15, 0.2) is 0 Å². The maximum absolute atomic E-state index is 4.34. The van der Waals surface area contributed by atoms with Crippen LogP contribution in [0.4, 0.5) is 0 Å². The second-order valence-electron chi connectivity index (χ2n) is 3.40. The van der Waals surface area contributed by atoms with E-state index in [2.05, 4.69) is 27.8 Å². The highest BCUT2D eigenvalue weighted by Crippen LogP contribution is 2.09. The molecule has 2 N–H and O–H groups in total. The quantitative estimate of drug-likeness (QED) is 0.522. The first-order valence-electron chi connectivity index (χ1n) is 4.58. The average Bonchev–Trinajstić information content (AvgIpc) is 2.65. The lowest BCUT2D eigenvalue weighted by Crippen LogP contribution is -2.39. The van der Waals surface area contributed by atoms with E-state index in [1.807, 2.05) is 12.3 Å². The third kappa shape index (κ3) is 0.971. The molecule has 1 aliphatic carbocycles. The maximum Gasteiger partial charge on any atom is 0.0680 e. The molecule has 1 aromatic rings. The smallest absolute Gasteiger partial charge is 0.0680 e. The molecule has 66 valence electrons. The van der Waals surface area contributed by atoms with E-state index in [4.69, 9.17) is 0 Å². The Balaban J connectivity index is 2.38. The first kappa shape index (κ1) is 7.09. The summed E-state index contributed by atoms with van der Waals surface area (Å²) in [5.74, 6) is 0.